The number of pyridine rings is 1. The third-order valence-corrected chi connectivity index (χ3v) is 2.32. The molecule has 0 saturated heterocycles. The van der Waals surface area contributed by atoms with Crippen LogP contribution in [-0.4, -0.2) is 4.98 Å². The summed E-state index contributed by atoms with van der Waals surface area (Å²) in [6.45, 7) is 0. The van der Waals surface area contributed by atoms with Gasteiger partial charge in [0.25, 0.3) is 0 Å². The van der Waals surface area contributed by atoms with E-state index in [0.717, 1.165) is 6.07 Å². The topological polar surface area (TPSA) is 70.9 Å². The van der Waals surface area contributed by atoms with Gasteiger partial charge in [0.1, 0.15) is 17.3 Å². The molecular weight excluding hydrogens is 259 g/mol. The summed E-state index contributed by atoms with van der Waals surface area (Å²) in [5.74, 6) is 0.0901. The Kier molecular flexibility index (Phi) is 3.62. The van der Waals surface area contributed by atoms with Gasteiger partial charge >= 0.3 is 0 Å². The van der Waals surface area contributed by atoms with E-state index in [1.54, 1.807) is 0 Å². The van der Waals surface area contributed by atoms with Gasteiger partial charge in [-0.2, -0.15) is 0 Å². The van der Waals surface area contributed by atoms with Crippen LogP contribution in [0.5, 0.6) is 11.5 Å². The lowest BCUT2D eigenvalue weighted by Gasteiger charge is -2.08. The van der Waals surface area contributed by atoms with Crippen LogP contribution in [0.2, 0.25) is 5.02 Å². The molecule has 2 rings (SSSR count). The Morgan fingerprint density at radius 2 is 2.17 bits per heavy atom. The number of hydrogen-bond acceptors (Lipinski definition) is 3. The molecule has 0 unspecified atom stereocenters. The second kappa shape index (κ2) is 5.35. The van der Waals surface area contributed by atoms with Crippen molar-refractivity contribution in [2.75, 3.05) is 0 Å². The molecule has 1 aromatic heterocycles. The van der Waals surface area contributed by atoms with Crippen molar-refractivity contribution in [3.8, 4) is 11.5 Å². The fraction of sp³-hybridized carbons (Fsp3) is 0. The molecule has 5 nitrogen and oxygen atoms in total. The van der Waals surface area contributed by atoms with E-state index in [1.165, 1.54) is 30.6 Å². The molecule has 2 aromatic rings. The van der Waals surface area contributed by atoms with Gasteiger partial charge in [0.2, 0.25) is 0 Å². The molecule has 18 heavy (non-hydrogen) atoms. The summed E-state index contributed by atoms with van der Waals surface area (Å²) in [6.07, 6.45) is 2.83. The minimum atomic E-state index is -0.461. The Balaban J connectivity index is 2.36. The summed E-state index contributed by atoms with van der Waals surface area (Å²) in [5, 5.41) is 3.55. The third kappa shape index (κ3) is 2.68. The van der Waals surface area contributed by atoms with E-state index < -0.39 is 5.82 Å². The quantitative estimate of drug-likeness (QED) is 0.461. The Labute approximate surface area is 106 Å². The van der Waals surface area contributed by atoms with E-state index in [4.69, 9.17) is 21.9 Å². The number of nitrogens with zero attached hydrogens (tertiary/aromatic N) is 4. The van der Waals surface area contributed by atoms with Gasteiger partial charge in [-0.15, -0.1) is 0 Å². The molecule has 0 aliphatic heterocycles. The molecule has 7 heteroatoms. The van der Waals surface area contributed by atoms with E-state index in [-0.39, 0.29) is 22.2 Å². The van der Waals surface area contributed by atoms with Gasteiger partial charge in [0.15, 0.2) is 0 Å². The number of azide groups is 1. The highest BCUT2D eigenvalue weighted by Crippen LogP contribution is 2.34. The van der Waals surface area contributed by atoms with Crippen LogP contribution in [0.15, 0.2) is 41.8 Å². The van der Waals surface area contributed by atoms with Crippen molar-refractivity contribution in [2.45, 2.75) is 0 Å². The molecule has 0 amide bonds. The summed E-state index contributed by atoms with van der Waals surface area (Å²) in [4.78, 5) is 6.46. The molecule has 0 spiro atoms. The molecule has 0 saturated carbocycles. The van der Waals surface area contributed by atoms with Crippen molar-refractivity contribution >= 4 is 17.3 Å². The summed E-state index contributed by atoms with van der Waals surface area (Å²) in [5.41, 5.74) is 8.62. The highest BCUT2D eigenvalue weighted by molar-refractivity contribution is 6.32. The van der Waals surface area contributed by atoms with E-state index in [2.05, 4.69) is 15.0 Å². The first-order chi connectivity index (χ1) is 8.70. The van der Waals surface area contributed by atoms with E-state index in [1.807, 2.05) is 0 Å². The van der Waals surface area contributed by atoms with Crippen molar-refractivity contribution in [1.82, 2.24) is 4.98 Å². The Hall–Kier alpha value is -2.30. The second-order valence-electron chi connectivity index (χ2n) is 3.21. The van der Waals surface area contributed by atoms with Crippen LogP contribution in [0, 0.1) is 5.82 Å². The van der Waals surface area contributed by atoms with E-state index >= 15 is 0 Å². The zero-order valence-electron chi connectivity index (χ0n) is 8.92. The van der Waals surface area contributed by atoms with Crippen molar-refractivity contribution in [3.63, 3.8) is 0 Å². The van der Waals surface area contributed by atoms with Crippen molar-refractivity contribution in [3.05, 3.63) is 57.9 Å². The fourth-order valence-electron chi connectivity index (χ4n) is 1.26. The summed E-state index contributed by atoms with van der Waals surface area (Å²) < 4.78 is 18.3. The van der Waals surface area contributed by atoms with Gasteiger partial charge in [0.05, 0.1) is 10.7 Å². The van der Waals surface area contributed by atoms with Gasteiger partial charge in [-0.05, 0) is 29.8 Å². The maximum atomic E-state index is 12.9. The molecule has 1 heterocycles. The smallest absolute Gasteiger partial charge is 0.146 e. The summed E-state index contributed by atoms with van der Waals surface area (Å²) >= 11 is 5.82. The van der Waals surface area contributed by atoms with Gasteiger partial charge in [-0.3, -0.25) is 4.98 Å². The van der Waals surface area contributed by atoms with Crippen LogP contribution < -0.4 is 4.74 Å². The zero-order chi connectivity index (χ0) is 13.0. The van der Waals surface area contributed by atoms with Crippen molar-refractivity contribution in [1.29, 1.82) is 0 Å². The Bertz CT molecular complexity index is 628. The predicted octanol–water partition coefficient (Wildman–Crippen LogP) is 4.61. The van der Waals surface area contributed by atoms with E-state index in [9.17, 15) is 4.39 Å². The second-order valence-corrected chi connectivity index (χ2v) is 3.62. The first-order valence-electron chi connectivity index (χ1n) is 4.82. The largest absolute Gasteiger partial charge is 0.455 e. The SMILES string of the molecule is [N-]=[N+]=Nc1cnccc1Oc1ccc(F)cc1Cl. The van der Waals surface area contributed by atoms with Crippen LogP contribution >= 0.6 is 11.6 Å². The molecule has 0 N–H and O–H groups in total. The summed E-state index contributed by atoms with van der Waals surface area (Å²) in [7, 11) is 0. The average Bonchev–Trinajstić information content (AvgIpc) is 2.35. The lowest BCUT2D eigenvalue weighted by molar-refractivity contribution is 0.481. The maximum Gasteiger partial charge on any atom is 0.146 e. The number of rotatable bonds is 3. The standard InChI is InChI=1S/C11H6ClFN4O/c12-8-5-7(13)1-2-10(8)18-11-3-4-15-6-9(11)16-17-14/h1-6H. The molecule has 0 aliphatic rings. The van der Waals surface area contributed by atoms with Crippen LogP contribution in [0.25, 0.3) is 10.4 Å². The normalized spacial score (nSPS) is 9.67. The maximum absolute atomic E-state index is 12.9. The molecule has 0 atom stereocenters. The number of hydrogen-bond donors (Lipinski definition) is 0. The number of ether oxygens (including phenoxy) is 1. The Morgan fingerprint density at radius 3 is 2.89 bits per heavy atom. The molecule has 0 aliphatic carbocycles. The van der Waals surface area contributed by atoms with E-state index in [0.29, 0.717) is 0 Å². The zero-order valence-corrected chi connectivity index (χ0v) is 9.67. The third-order valence-electron chi connectivity index (χ3n) is 2.03. The lowest BCUT2D eigenvalue weighted by atomic mass is 10.3. The number of halogens is 2. The van der Waals surface area contributed by atoms with Crippen LogP contribution in [-0.2, 0) is 0 Å². The minimum absolute atomic E-state index is 0.124. The molecule has 90 valence electrons. The molecule has 0 bridgehead atoms. The van der Waals surface area contributed by atoms with Gasteiger partial charge < -0.3 is 4.74 Å². The Morgan fingerprint density at radius 1 is 1.33 bits per heavy atom. The first kappa shape index (κ1) is 12.2. The van der Waals surface area contributed by atoms with Crippen LogP contribution in [0.3, 0.4) is 0 Å². The average molecular weight is 265 g/mol. The first-order valence-corrected chi connectivity index (χ1v) is 5.20. The van der Waals surface area contributed by atoms with Crippen LogP contribution in [0.4, 0.5) is 10.1 Å². The van der Waals surface area contributed by atoms with Crippen LogP contribution in [0.1, 0.15) is 0 Å². The predicted molar refractivity (Wildman–Crippen MR) is 64.5 cm³/mol. The lowest BCUT2D eigenvalue weighted by Crippen LogP contribution is -1.87. The van der Waals surface area contributed by atoms with Crippen molar-refractivity contribution in [2.24, 2.45) is 5.11 Å². The number of benzene rings is 1. The monoisotopic (exact) mass is 264 g/mol. The molecule has 0 radical (unpaired) electrons. The molecule has 0 fully saturated rings. The van der Waals surface area contributed by atoms with Gasteiger partial charge in [-0.1, -0.05) is 16.7 Å². The molecule has 1 aromatic carbocycles. The van der Waals surface area contributed by atoms with Crippen molar-refractivity contribution < 1.29 is 9.13 Å². The fourth-order valence-corrected chi connectivity index (χ4v) is 1.47. The molecular formula is C11H6ClFN4O. The van der Waals surface area contributed by atoms with Gasteiger partial charge in [0, 0.05) is 17.3 Å². The van der Waals surface area contributed by atoms with Gasteiger partial charge in [-0.25, -0.2) is 4.39 Å². The summed E-state index contributed by atoms with van der Waals surface area (Å²) in [6, 6.07) is 5.25. The minimum Gasteiger partial charge on any atom is -0.455 e. The highest BCUT2D eigenvalue weighted by Gasteiger charge is 2.07. The highest BCUT2D eigenvalue weighted by atomic mass is 35.5. The number of aromatic nitrogens is 1.